The van der Waals surface area contributed by atoms with Crippen LogP contribution in [0.4, 0.5) is 0 Å². The number of nitrogens with two attached hydrogens (primary N) is 1. The number of hydrogen-bond acceptors (Lipinski definition) is 3. The zero-order valence-electron chi connectivity index (χ0n) is 14.4. The van der Waals surface area contributed by atoms with Gasteiger partial charge in [-0.25, -0.2) is 0 Å². The minimum atomic E-state index is 0. The van der Waals surface area contributed by atoms with Crippen LogP contribution in [0.2, 0.25) is 0 Å². The predicted molar refractivity (Wildman–Crippen MR) is 97.6 cm³/mol. The predicted octanol–water partition coefficient (Wildman–Crippen LogP) is 2.59. The number of likely N-dealkylation sites (tertiary alicyclic amines) is 1. The fourth-order valence-corrected chi connectivity index (χ4v) is 3.14. The zero-order chi connectivity index (χ0) is 16.2. The Morgan fingerprint density at radius 1 is 1.35 bits per heavy atom. The summed E-state index contributed by atoms with van der Waals surface area (Å²) in [6, 6.07) is 10.3. The molecule has 1 saturated heterocycles. The van der Waals surface area contributed by atoms with E-state index in [1.807, 2.05) is 18.2 Å². The molecule has 0 saturated carbocycles. The molecule has 5 heteroatoms. The van der Waals surface area contributed by atoms with Crippen molar-refractivity contribution in [2.24, 2.45) is 17.1 Å². The van der Waals surface area contributed by atoms with E-state index in [1.165, 1.54) is 5.56 Å². The van der Waals surface area contributed by atoms with Crippen molar-refractivity contribution in [1.82, 2.24) is 10.2 Å². The van der Waals surface area contributed by atoms with Crippen LogP contribution in [-0.2, 0) is 4.79 Å². The van der Waals surface area contributed by atoms with Crippen molar-refractivity contribution in [1.29, 1.82) is 0 Å². The number of amides is 1. The minimum Gasteiger partial charge on any atom is -0.348 e. The van der Waals surface area contributed by atoms with Gasteiger partial charge in [0.15, 0.2) is 0 Å². The van der Waals surface area contributed by atoms with Gasteiger partial charge in [0.25, 0.3) is 0 Å². The van der Waals surface area contributed by atoms with Crippen LogP contribution >= 0.6 is 12.4 Å². The van der Waals surface area contributed by atoms with E-state index in [9.17, 15) is 4.79 Å². The molecule has 0 bridgehead atoms. The van der Waals surface area contributed by atoms with Gasteiger partial charge in [-0.1, -0.05) is 51.1 Å². The Balaban J connectivity index is 0.00000264. The average molecular weight is 340 g/mol. The molecule has 4 nitrogen and oxygen atoms in total. The van der Waals surface area contributed by atoms with Crippen molar-refractivity contribution < 1.29 is 4.79 Å². The van der Waals surface area contributed by atoms with Gasteiger partial charge >= 0.3 is 0 Å². The van der Waals surface area contributed by atoms with Crippen molar-refractivity contribution in [2.45, 2.75) is 33.2 Å². The molecule has 23 heavy (non-hydrogen) atoms. The Hall–Kier alpha value is -1.10. The molecule has 2 unspecified atom stereocenters. The molecule has 1 amide bonds. The third kappa shape index (κ3) is 5.48. The number of nitrogens with zero attached hydrogens (tertiary/aromatic N) is 1. The molecular formula is C18H30ClN3O. The smallest absolute Gasteiger partial charge is 0.234 e. The molecule has 0 aliphatic carbocycles. The van der Waals surface area contributed by atoms with E-state index in [1.54, 1.807) is 0 Å². The highest BCUT2D eigenvalue weighted by molar-refractivity contribution is 5.85. The second-order valence-electron chi connectivity index (χ2n) is 7.18. The quantitative estimate of drug-likeness (QED) is 0.837. The van der Waals surface area contributed by atoms with Crippen LogP contribution in [0.25, 0.3) is 0 Å². The van der Waals surface area contributed by atoms with Gasteiger partial charge in [0.05, 0.1) is 12.6 Å². The lowest BCUT2D eigenvalue weighted by molar-refractivity contribution is -0.123. The summed E-state index contributed by atoms with van der Waals surface area (Å²) >= 11 is 0. The number of hydrogen-bond donors (Lipinski definition) is 2. The minimum absolute atomic E-state index is 0. The molecule has 1 aliphatic heterocycles. The topological polar surface area (TPSA) is 58.4 Å². The van der Waals surface area contributed by atoms with E-state index in [0.717, 1.165) is 19.5 Å². The summed E-state index contributed by atoms with van der Waals surface area (Å²) in [5, 5.41) is 3.19. The van der Waals surface area contributed by atoms with Gasteiger partial charge in [-0.3, -0.25) is 9.69 Å². The van der Waals surface area contributed by atoms with Gasteiger partial charge in [-0.15, -0.1) is 12.4 Å². The molecule has 0 spiro atoms. The van der Waals surface area contributed by atoms with Crippen molar-refractivity contribution in [3.05, 3.63) is 35.9 Å². The van der Waals surface area contributed by atoms with Crippen molar-refractivity contribution >= 4 is 18.3 Å². The molecule has 0 radical (unpaired) electrons. The van der Waals surface area contributed by atoms with Crippen LogP contribution in [0.15, 0.2) is 30.3 Å². The van der Waals surface area contributed by atoms with Gasteiger partial charge in [0.2, 0.25) is 5.91 Å². The van der Waals surface area contributed by atoms with E-state index in [-0.39, 0.29) is 29.8 Å². The first-order valence-corrected chi connectivity index (χ1v) is 8.20. The molecule has 2 rings (SSSR count). The van der Waals surface area contributed by atoms with Crippen LogP contribution in [0.3, 0.4) is 0 Å². The number of halogens is 1. The maximum Gasteiger partial charge on any atom is 0.234 e. The van der Waals surface area contributed by atoms with Gasteiger partial charge in [0, 0.05) is 6.54 Å². The first kappa shape index (κ1) is 19.9. The maximum atomic E-state index is 12.4. The molecule has 2 atom stereocenters. The molecule has 3 N–H and O–H groups in total. The summed E-state index contributed by atoms with van der Waals surface area (Å²) in [7, 11) is 0. The van der Waals surface area contributed by atoms with E-state index in [2.05, 4.69) is 43.1 Å². The first-order chi connectivity index (χ1) is 10.4. The Kier molecular flexibility index (Phi) is 7.52. The van der Waals surface area contributed by atoms with Crippen LogP contribution in [-0.4, -0.2) is 37.0 Å². The van der Waals surface area contributed by atoms with Gasteiger partial charge < -0.3 is 11.1 Å². The Morgan fingerprint density at radius 3 is 2.52 bits per heavy atom. The van der Waals surface area contributed by atoms with E-state index < -0.39 is 0 Å². The van der Waals surface area contributed by atoms with E-state index in [4.69, 9.17) is 5.73 Å². The average Bonchev–Trinajstić information content (AvgIpc) is 2.87. The second kappa shape index (κ2) is 8.67. The van der Waals surface area contributed by atoms with Crippen molar-refractivity contribution in [3.8, 4) is 0 Å². The normalized spacial score (nSPS) is 22.7. The molecule has 0 aromatic heterocycles. The zero-order valence-corrected chi connectivity index (χ0v) is 15.2. The highest BCUT2D eigenvalue weighted by Crippen LogP contribution is 2.28. The van der Waals surface area contributed by atoms with Crippen LogP contribution in [0.5, 0.6) is 0 Å². The molecular weight excluding hydrogens is 310 g/mol. The first-order valence-electron chi connectivity index (χ1n) is 8.20. The van der Waals surface area contributed by atoms with E-state index in [0.29, 0.717) is 19.0 Å². The SMILES string of the molecule is CC(C)C(NC(=O)CN1CCC(C)(CN)C1)c1ccccc1.Cl. The van der Waals surface area contributed by atoms with Crippen molar-refractivity contribution in [2.75, 3.05) is 26.2 Å². The fourth-order valence-electron chi connectivity index (χ4n) is 3.14. The Bertz CT molecular complexity index is 494. The Morgan fingerprint density at radius 2 is 2.00 bits per heavy atom. The Labute approximate surface area is 146 Å². The lowest BCUT2D eigenvalue weighted by atomic mass is 9.90. The second-order valence-corrected chi connectivity index (χ2v) is 7.18. The van der Waals surface area contributed by atoms with Gasteiger partial charge in [-0.2, -0.15) is 0 Å². The van der Waals surface area contributed by atoms with Crippen molar-refractivity contribution in [3.63, 3.8) is 0 Å². The largest absolute Gasteiger partial charge is 0.348 e. The molecule has 1 aromatic carbocycles. The molecule has 1 aliphatic rings. The summed E-state index contributed by atoms with van der Waals surface area (Å²) in [4.78, 5) is 14.6. The molecule has 1 aromatic rings. The van der Waals surface area contributed by atoms with Crippen LogP contribution < -0.4 is 11.1 Å². The van der Waals surface area contributed by atoms with Crippen LogP contribution in [0.1, 0.15) is 38.8 Å². The number of benzene rings is 1. The number of carbonyl (C=O) groups is 1. The molecule has 1 fully saturated rings. The third-order valence-electron chi connectivity index (χ3n) is 4.64. The molecule has 1 heterocycles. The molecule has 130 valence electrons. The summed E-state index contributed by atoms with van der Waals surface area (Å²) in [6.07, 6.45) is 1.07. The third-order valence-corrected chi connectivity index (χ3v) is 4.64. The van der Waals surface area contributed by atoms with Gasteiger partial charge in [-0.05, 0) is 36.4 Å². The number of rotatable bonds is 6. The van der Waals surface area contributed by atoms with Crippen LogP contribution in [0, 0.1) is 11.3 Å². The maximum absolute atomic E-state index is 12.4. The summed E-state index contributed by atoms with van der Waals surface area (Å²) in [5.41, 5.74) is 7.16. The highest BCUT2D eigenvalue weighted by atomic mass is 35.5. The van der Waals surface area contributed by atoms with E-state index >= 15 is 0 Å². The number of nitrogens with one attached hydrogen (secondary N) is 1. The lowest BCUT2D eigenvalue weighted by Gasteiger charge is -2.25. The highest BCUT2D eigenvalue weighted by Gasteiger charge is 2.33. The monoisotopic (exact) mass is 339 g/mol. The fraction of sp³-hybridized carbons (Fsp3) is 0.611. The van der Waals surface area contributed by atoms with Gasteiger partial charge in [0.1, 0.15) is 0 Å². The standard InChI is InChI=1S/C18H29N3O.ClH/c1-14(2)17(15-7-5-4-6-8-15)20-16(22)11-21-10-9-18(3,12-19)13-21;/h4-8,14,17H,9-13,19H2,1-3H3,(H,20,22);1H. The summed E-state index contributed by atoms with van der Waals surface area (Å²) < 4.78 is 0. The summed E-state index contributed by atoms with van der Waals surface area (Å²) in [6.45, 7) is 9.49. The number of carbonyl (C=O) groups excluding carboxylic acids is 1. The lowest BCUT2D eigenvalue weighted by Crippen LogP contribution is -2.40. The summed E-state index contributed by atoms with van der Waals surface area (Å²) in [5.74, 6) is 0.461.